The molecule has 0 radical (unpaired) electrons. The van der Waals surface area contributed by atoms with E-state index in [1.165, 1.54) is 60.3 Å². The number of para-hydroxylation sites is 2. The normalized spacial score (nSPS) is 11.6. The molecule has 234 valence electrons. The van der Waals surface area contributed by atoms with Gasteiger partial charge in [0.15, 0.2) is 0 Å². The molecule has 3 aromatic heterocycles. The van der Waals surface area contributed by atoms with Crippen LogP contribution in [-0.4, -0.2) is 14.1 Å². The maximum absolute atomic E-state index is 5.12. The Morgan fingerprint density at radius 2 is 0.820 bits per heavy atom. The van der Waals surface area contributed by atoms with Crippen molar-refractivity contribution in [1.29, 1.82) is 0 Å². The van der Waals surface area contributed by atoms with Gasteiger partial charge in [0, 0.05) is 39.0 Å². The molecule has 50 heavy (non-hydrogen) atoms. The van der Waals surface area contributed by atoms with Gasteiger partial charge in [0.05, 0.1) is 22.1 Å². The van der Waals surface area contributed by atoms with E-state index < -0.39 is 0 Å². The van der Waals surface area contributed by atoms with Crippen molar-refractivity contribution in [2.45, 2.75) is 0 Å². The van der Waals surface area contributed by atoms with Crippen LogP contribution in [0.1, 0.15) is 0 Å². The molecule has 0 saturated heterocycles. The molecule has 0 atom stereocenters. The van der Waals surface area contributed by atoms with E-state index >= 15 is 0 Å². The minimum Gasteiger partial charge on any atom is -0.309 e. The van der Waals surface area contributed by atoms with Gasteiger partial charge in [-0.05, 0) is 70.3 Å². The standard InChI is InChI=1S/C47H31N3/c1-3-11-32(12-4-1)34-19-21-36(22-20-34)37-25-30-45(48-31-37)50-42-17-9-7-15-39(42)40-28-29-44-46(47(40)50)41-16-8-10-18-43(41)49(44)38-26-23-35(24-27-38)33-13-5-2-6-14-33/h1-31H. The van der Waals surface area contributed by atoms with Crippen LogP contribution in [0.5, 0.6) is 0 Å². The van der Waals surface area contributed by atoms with Gasteiger partial charge in [-0.25, -0.2) is 4.98 Å². The van der Waals surface area contributed by atoms with E-state index in [9.17, 15) is 0 Å². The number of nitrogens with zero attached hydrogens (tertiary/aromatic N) is 3. The third-order valence-electron chi connectivity index (χ3n) is 10.0. The first-order valence-electron chi connectivity index (χ1n) is 17.1. The van der Waals surface area contributed by atoms with Crippen molar-refractivity contribution in [2.24, 2.45) is 0 Å². The van der Waals surface area contributed by atoms with E-state index in [0.29, 0.717) is 0 Å². The van der Waals surface area contributed by atoms with Crippen LogP contribution in [-0.2, 0) is 0 Å². The van der Waals surface area contributed by atoms with Crippen molar-refractivity contribution in [3.63, 3.8) is 0 Å². The topological polar surface area (TPSA) is 22.8 Å². The van der Waals surface area contributed by atoms with E-state index in [2.05, 4.69) is 191 Å². The largest absolute Gasteiger partial charge is 0.309 e. The van der Waals surface area contributed by atoms with Crippen LogP contribution in [0.3, 0.4) is 0 Å². The van der Waals surface area contributed by atoms with E-state index in [4.69, 9.17) is 4.98 Å². The average molecular weight is 638 g/mol. The Morgan fingerprint density at radius 1 is 0.320 bits per heavy atom. The molecule has 0 aliphatic rings. The second kappa shape index (κ2) is 11.5. The van der Waals surface area contributed by atoms with Gasteiger partial charge in [-0.2, -0.15) is 0 Å². The first-order valence-corrected chi connectivity index (χ1v) is 17.1. The van der Waals surface area contributed by atoms with Gasteiger partial charge < -0.3 is 4.57 Å². The Morgan fingerprint density at radius 3 is 1.44 bits per heavy atom. The van der Waals surface area contributed by atoms with Crippen molar-refractivity contribution in [2.75, 3.05) is 0 Å². The zero-order valence-corrected chi connectivity index (χ0v) is 27.2. The quantitative estimate of drug-likeness (QED) is 0.184. The number of fused-ring (bicyclic) bond motifs is 7. The Balaban J connectivity index is 1.15. The summed E-state index contributed by atoms with van der Waals surface area (Å²) in [6.07, 6.45) is 2.01. The molecule has 0 unspecified atom stereocenters. The van der Waals surface area contributed by atoms with Crippen LogP contribution >= 0.6 is 0 Å². The number of aromatic nitrogens is 3. The summed E-state index contributed by atoms with van der Waals surface area (Å²) >= 11 is 0. The molecule has 0 amide bonds. The fourth-order valence-corrected chi connectivity index (χ4v) is 7.63. The van der Waals surface area contributed by atoms with E-state index in [1.54, 1.807) is 0 Å². The number of rotatable bonds is 5. The summed E-state index contributed by atoms with van der Waals surface area (Å²) in [6, 6.07) is 65.1. The highest BCUT2D eigenvalue weighted by atomic mass is 15.1. The average Bonchev–Trinajstić information content (AvgIpc) is 3.72. The summed E-state index contributed by atoms with van der Waals surface area (Å²) in [7, 11) is 0. The fraction of sp³-hybridized carbons (Fsp3) is 0. The molecule has 7 aromatic carbocycles. The second-order valence-electron chi connectivity index (χ2n) is 12.8. The summed E-state index contributed by atoms with van der Waals surface area (Å²) in [6.45, 7) is 0. The predicted molar refractivity (Wildman–Crippen MR) is 209 cm³/mol. The highest BCUT2D eigenvalue weighted by Crippen LogP contribution is 2.42. The zero-order valence-electron chi connectivity index (χ0n) is 27.2. The summed E-state index contributed by atoms with van der Waals surface area (Å²) < 4.78 is 4.75. The number of pyridine rings is 1. The van der Waals surface area contributed by atoms with Gasteiger partial charge in [-0.15, -0.1) is 0 Å². The molecular weight excluding hydrogens is 607 g/mol. The van der Waals surface area contributed by atoms with Crippen LogP contribution in [0, 0.1) is 0 Å². The van der Waals surface area contributed by atoms with Crippen LogP contribution in [0.15, 0.2) is 188 Å². The number of benzene rings is 7. The van der Waals surface area contributed by atoms with Crippen molar-refractivity contribution < 1.29 is 0 Å². The lowest BCUT2D eigenvalue weighted by Gasteiger charge is -2.11. The van der Waals surface area contributed by atoms with Gasteiger partial charge >= 0.3 is 0 Å². The molecular formula is C47H31N3. The van der Waals surface area contributed by atoms with Gasteiger partial charge in [0.2, 0.25) is 0 Å². The van der Waals surface area contributed by atoms with Gasteiger partial charge in [0.1, 0.15) is 5.82 Å². The monoisotopic (exact) mass is 637 g/mol. The summed E-state index contributed by atoms with van der Waals surface area (Å²) in [5.74, 6) is 0.900. The summed E-state index contributed by atoms with van der Waals surface area (Å²) in [4.78, 5) is 5.12. The minimum absolute atomic E-state index is 0.900. The first kappa shape index (κ1) is 28.3. The molecule has 10 rings (SSSR count). The number of hydrogen-bond acceptors (Lipinski definition) is 1. The van der Waals surface area contributed by atoms with Crippen LogP contribution in [0.25, 0.3) is 88.5 Å². The Kier molecular flexibility index (Phi) is 6.49. The van der Waals surface area contributed by atoms with Crippen molar-refractivity contribution in [3.05, 3.63) is 188 Å². The Bertz CT molecular complexity index is 2810. The third-order valence-corrected chi connectivity index (χ3v) is 10.0. The van der Waals surface area contributed by atoms with Crippen LogP contribution in [0.2, 0.25) is 0 Å². The summed E-state index contributed by atoms with van der Waals surface area (Å²) in [5.41, 5.74) is 12.9. The molecule has 0 fully saturated rings. The van der Waals surface area contributed by atoms with Crippen molar-refractivity contribution in [1.82, 2.24) is 14.1 Å². The Labute approximate surface area is 290 Å². The lowest BCUT2D eigenvalue weighted by molar-refractivity contribution is 1.08. The van der Waals surface area contributed by atoms with Gasteiger partial charge in [-0.3, -0.25) is 4.57 Å². The molecule has 10 aromatic rings. The van der Waals surface area contributed by atoms with Crippen LogP contribution in [0.4, 0.5) is 0 Å². The lowest BCUT2D eigenvalue weighted by atomic mass is 10.0. The Hall–Kier alpha value is -6.71. The van der Waals surface area contributed by atoms with Crippen LogP contribution < -0.4 is 0 Å². The fourth-order valence-electron chi connectivity index (χ4n) is 7.63. The maximum Gasteiger partial charge on any atom is 0.137 e. The molecule has 0 aliphatic heterocycles. The van der Waals surface area contributed by atoms with E-state index in [0.717, 1.165) is 28.1 Å². The molecule has 3 heteroatoms. The predicted octanol–water partition coefficient (Wildman–Crippen LogP) is 12.3. The molecule has 3 nitrogen and oxygen atoms in total. The highest BCUT2D eigenvalue weighted by molar-refractivity contribution is 6.26. The molecule has 0 saturated carbocycles. The highest BCUT2D eigenvalue weighted by Gasteiger charge is 2.21. The SMILES string of the molecule is c1ccc(-c2ccc(-c3ccc(-n4c5ccccc5c5ccc6c(c7ccccc7n6-c6ccc(-c7ccccc7)cc6)c54)nc3)cc2)cc1. The molecule has 0 aliphatic carbocycles. The zero-order chi connectivity index (χ0) is 33.0. The molecule has 3 heterocycles. The van der Waals surface area contributed by atoms with Crippen molar-refractivity contribution in [3.8, 4) is 44.9 Å². The van der Waals surface area contributed by atoms with E-state index in [-0.39, 0.29) is 0 Å². The third kappa shape index (κ3) is 4.48. The van der Waals surface area contributed by atoms with Gasteiger partial charge in [0.25, 0.3) is 0 Å². The summed E-state index contributed by atoms with van der Waals surface area (Å²) in [5, 5.41) is 4.89. The number of hydrogen-bond donors (Lipinski definition) is 0. The second-order valence-corrected chi connectivity index (χ2v) is 12.8. The minimum atomic E-state index is 0.900. The smallest absolute Gasteiger partial charge is 0.137 e. The van der Waals surface area contributed by atoms with Crippen molar-refractivity contribution >= 4 is 43.6 Å². The first-order chi connectivity index (χ1) is 24.8. The molecule has 0 bridgehead atoms. The lowest BCUT2D eigenvalue weighted by Crippen LogP contribution is -1.98. The van der Waals surface area contributed by atoms with Gasteiger partial charge in [-0.1, -0.05) is 140 Å². The van der Waals surface area contributed by atoms with E-state index in [1.807, 2.05) is 6.20 Å². The molecule has 0 spiro atoms. The maximum atomic E-state index is 5.12. The molecule has 0 N–H and O–H groups in total.